The molecule has 35 heavy (non-hydrogen) atoms. The second kappa shape index (κ2) is 9.43. The smallest absolute Gasteiger partial charge is 0.271 e. The van der Waals surface area contributed by atoms with E-state index in [4.69, 9.17) is 11.3 Å². The Bertz CT molecular complexity index is 1390. The van der Waals surface area contributed by atoms with Crippen LogP contribution in [0.3, 0.4) is 0 Å². The first-order valence-electron chi connectivity index (χ1n) is 12.0. The van der Waals surface area contributed by atoms with Gasteiger partial charge in [0.15, 0.2) is 0 Å². The summed E-state index contributed by atoms with van der Waals surface area (Å²) in [5.74, 6) is 1.25. The lowest BCUT2D eigenvalue weighted by Gasteiger charge is -2.38. The van der Waals surface area contributed by atoms with Crippen LogP contribution >= 0.6 is 0 Å². The Morgan fingerprint density at radius 3 is 2.57 bits per heavy atom. The maximum absolute atomic E-state index is 12.9. The predicted molar refractivity (Wildman–Crippen MR) is 138 cm³/mol. The van der Waals surface area contributed by atoms with E-state index in [9.17, 15) is 10.1 Å². The second-order valence-electron chi connectivity index (χ2n) is 9.98. The number of piperidine rings is 1. The number of aromatic nitrogens is 2. The van der Waals surface area contributed by atoms with Gasteiger partial charge in [-0.3, -0.25) is 4.79 Å². The number of ether oxygens (including phenoxy) is 1. The number of fused-ring (bicyclic) bond motifs is 1. The van der Waals surface area contributed by atoms with Crippen LogP contribution in [0, 0.1) is 23.8 Å². The Balaban J connectivity index is 1.61. The Labute approximate surface area is 206 Å². The minimum absolute atomic E-state index is 0.0198. The molecular formula is C28H31N5O2. The summed E-state index contributed by atoms with van der Waals surface area (Å²) >= 11 is 0. The highest BCUT2D eigenvalue weighted by atomic mass is 16.5. The molecule has 3 aromatic rings. The first kappa shape index (κ1) is 24.3. The van der Waals surface area contributed by atoms with Crippen molar-refractivity contribution in [3.8, 4) is 11.8 Å². The van der Waals surface area contributed by atoms with Crippen LogP contribution in [-0.4, -0.2) is 28.7 Å². The third-order valence-corrected chi connectivity index (χ3v) is 7.38. The number of anilines is 1. The molecule has 2 atom stereocenters. The van der Waals surface area contributed by atoms with E-state index in [1.807, 2.05) is 12.1 Å². The van der Waals surface area contributed by atoms with E-state index in [2.05, 4.69) is 60.6 Å². The van der Waals surface area contributed by atoms with Crippen LogP contribution in [0.2, 0.25) is 0 Å². The third-order valence-electron chi connectivity index (χ3n) is 7.38. The molecule has 1 aromatic carbocycles. The number of hydrogen-bond acceptors (Lipinski definition) is 5. The van der Waals surface area contributed by atoms with Gasteiger partial charge in [-0.25, -0.2) is 0 Å². The minimum atomic E-state index is -0.353. The number of hydrogen-bond donors (Lipinski definition) is 0. The summed E-state index contributed by atoms with van der Waals surface area (Å²) in [4.78, 5) is 22.9. The van der Waals surface area contributed by atoms with Crippen LogP contribution in [0.1, 0.15) is 51.7 Å². The molecule has 7 heteroatoms. The van der Waals surface area contributed by atoms with Crippen LogP contribution in [0.5, 0.6) is 5.75 Å². The van der Waals surface area contributed by atoms with Crippen LogP contribution in [-0.2, 0) is 12.5 Å². The zero-order valence-corrected chi connectivity index (χ0v) is 21.0. The Morgan fingerprint density at radius 2 is 1.97 bits per heavy atom. The van der Waals surface area contributed by atoms with Crippen molar-refractivity contribution in [3.05, 3.63) is 69.3 Å². The van der Waals surface area contributed by atoms with E-state index in [0.717, 1.165) is 18.6 Å². The molecule has 0 saturated carbocycles. The van der Waals surface area contributed by atoms with Gasteiger partial charge in [0.25, 0.3) is 11.4 Å². The molecule has 1 aliphatic heterocycles. The number of benzene rings is 1. The first-order chi connectivity index (χ1) is 16.7. The lowest BCUT2D eigenvalue weighted by atomic mass is 9.82. The molecule has 0 spiro atoms. The maximum Gasteiger partial charge on any atom is 0.271 e. The number of aryl methyl sites for hydroxylation is 1. The average Bonchev–Trinajstić information content (AvgIpc) is 2.87. The predicted octanol–water partition coefficient (Wildman–Crippen LogP) is 5.34. The van der Waals surface area contributed by atoms with Crippen LogP contribution in [0.15, 0.2) is 41.2 Å². The second-order valence-corrected chi connectivity index (χ2v) is 9.98. The lowest BCUT2D eigenvalue weighted by molar-refractivity contribution is 0.121. The molecule has 0 amide bonds. The molecule has 7 nitrogen and oxygen atoms in total. The summed E-state index contributed by atoms with van der Waals surface area (Å²) < 4.78 is 7.79. The van der Waals surface area contributed by atoms with E-state index in [1.54, 1.807) is 19.2 Å². The van der Waals surface area contributed by atoms with E-state index in [-0.39, 0.29) is 34.4 Å². The normalized spacial score (nSPS) is 18.2. The highest BCUT2D eigenvalue weighted by Gasteiger charge is 2.32. The van der Waals surface area contributed by atoms with Crippen molar-refractivity contribution in [3.63, 3.8) is 0 Å². The monoisotopic (exact) mass is 469 g/mol. The molecule has 0 radical (unpaired) electrons. The molecule has 3 heterocycles. The summed E-state index contributed by atoms with van der Waals surface area (Å²) in [5.41, 5.74) is 2.78. The summed E-state index contributed by atoms with van der Waals surface area (Å²) in [6.07, 6.45) is 1.83. The minimum Gasteiger partial charge on any atom is -0.490 e. The third kappa shape index (κ3) is 4.47. The topological polar surface area (TPSA) is 75.5 Å². The van der Waals surface area contributed by atoms with E-state index >= 15 is 0 Å². The number of rotatable bonds is 5. The molecule has 0 bridgehead atoms. The van der Waals surface area contributed by atoms with Crippen molar-refractivity contribution < 1.29 is 4.74 Å². The fourth-order valence-electron chi connectivity index (χ4n) is 4.72. The zero-order chi connectivity index (χ0) is 25.3. The SMILES string of the molecule is [C-]#[N+]c1ccc2c(n1)c(N1CC[C@@H](Oc3ccc(C(C)(C)CC)cc3)[C@H](C)C1)c(C#N)c(=O)n2C. The summed E-state index contributed by atoms with van der Waals surface area (Å²) in [7, 11) is 1.63. The lowest BCUT2D eigenvalue weighted by Crippen LogP contribution is -2.45. The molecular weight excluding hydrogens is 438 g/mol. The maximum atomic E-state index is 12.9. The van der Waals surface area contributed by atoms with E-state index < -0.39 is 0 Å². The molecule has 180 valence electrons. The molecule has 1 saturated heterocycles. The molecule has 0 aliphatic carbocycles. The van der Waals surface area contributed by atoms with Gasteiger partial charge in [-0.2, -0.15) is 5.26 Å². The van der Waals surface area contributed by atoms with Crippen LogP contribution in [0.4, 0.5) is 11.5 Å². The molecule has 1 aliphatic rings. The quantitative estimate of drug-likeness (QED) is 0.472. The number of nitriles is 1. The van der Waals surface area contributed by atoms with Crippen molar-refractivity contribution in [2.75, 3.05) is 18.0 Å². The fraction of sp³-hybridized carbons (Fsp3) is 0.429. The standard InChI is InChI=1S/C28H31N5O2/c1-7-28(3,4)19-8-10-20(11-9-19)35-23-14-15-33(17-18(23)2)26-21(16-29)27(34)32(6)22-12-13-24(30-5)31-25(22)26/h8-13,18,23H,7,14-15,17H2,1-4,6H3/t18-,23-/m1/s1. The van der Waals surface area contributed by atoms with Crippen molar-refractivity contribution in [1.29, 1.82) is 5.26 Å². The zero-order valence-electron chi connectivity index (χ0n) is 21.0. The number of pyridine rings is 2. The molecule has 0 N–H and O–H groups in total. The van der Waals surface area contributed by atoms with Gasteiger partial charge in [0.2, 0.25) is 5.52 Å². The molecule has 0 unspecified atom stereocenters. The highest BCUT2D eigenvalue weighted by molar-refractivity contribution is 5.92. The summed E-state index contributed by atoms with van der Waals surface area (Å²) in [5, 5.41) is 9.85. The number of nitrogens with zero attached hydrogens (tertiary/aromatic N) is 5. The van der Waals surface area contributed by atoms with Gasteiger partial charge in [0, 0.05) is 32.5 Å². The van der Waals surface area contributed by atoms with Gasteiger partial charge < -0.3 is 19.0 Å². The van der Waals surface area contributed by atoms with Crippen molar-refractivity contribution in [1.82, 2.24) is 9.55 Å². The van der Waals surface area contributed by atoms with E-state index in [1.165, 1.54) is 10.1 Å². The Hall–Kier alpha value is -3.84. The highest BCUT2D eigenvalue weighted by Crippen LogP contribution is 2.34. The molecule has 4 rings (SSSR count). The van der Waals surface area contributed by atoms with Crippen molar-refractivity contribution in [2.45, 2.75) is 52.1 Å². The van der Waals surface area contributed by atoms with Gasteiger partial charge >= 0.3 is 0 Å². The van der Waals surface area contributed by atoms with Gasteiger partial charge in [-0.15, -0.1) is 4.98 Å². The van der Waals surface area contributed by atoms with Gasteiger partial charge in [0.1, 0.15) is 29.2 Å². The van der Waals surface area contributed by atoms with Gasteiger partial charge in [-0.05, 0) is 41.7 Å². The summed E-state index contributed by atoms with van der Waals surface area (Å²) in [6.45, 7) is 17.4. The van der Waals surface area contributed by atoms with Crippen molar-refractivity contribution >= 4 is 22.5 Å². The van der Waals surface area contributed by atoms with Gasteiger partial charge in [0.05, 0.1) is 5.52 Å². The largest absolute Gasteiger partial charge is 0.490 e. The van der Waals surface area contributed by atoms with Crippen LogP contribution < -0.4 is 15.2 Å². The molecule has 2 aromatic heterocycles. The Morgan fingerprint density at radius 1 is 1.26 bits per heavy atom. The van der Waals surface area contributed by atoms with Gasteiger partial charge in [-0.1, -0.05) is 46.4 Å². The average molecular weight is 470 g/mol. The fourth-order valence-corrected chi connectivity index (χ4v) is 4.72. The Kier molecular flexibility index (Phi) is 6.54. The molecule has 1 fully saturated rings. The van der Waals surface area contributed by atoms with E-state index in [0.29, 0.717) is 29.8 Å². The van der Waals surface area contributed by atoms with Crippen molar-refractivity contribution in [2.24, 2.45) is 13.0 Å². The summed E-state index contributed by atoms with van der Waals surface area (Å²) in [6, 6.07) is 13.8. The first-order valence-corrected chi connectivity index (χ1v) is 12.0. The van der Waals surface area contributed by atoms with Crippen LogP contribution in [0.25, 0.3) is 15.9 Å².